The third-order valence-electron chi connectivity index (χ3n) is 6.03. The third kappa shape index (κ3) is 7.60. The summed E-state index contributed by atoms with van der Waals surface area (Å²) < 4.78 is 78.0. The summed E-state index contributed by atoms with van der Waals surface area (Å²) in [5.74, 6) is -0.559. The van der Waals surface area contributed by atoms with Crippen LogP contribution in [-0.4, -0.2) is 41.6 Å². The highest BCUT2D eigenvalue weighted by molar-refractivity contribution is 7.92. The van der Waals surface area contributed by atoms with Gasteiger partial charge in [-0.2, -0.15) is 18.2 Å². The Hall–Kier alpha value is -4.00. The lowest BCUT2D eigenvalue weighted by atomic mass is 10.0. The Bertz CT molecular complexity index is 1690. The number of pyridine rings is 1. The minimum Gasteiger partial charge on any atom is -0.365 e. The van der Waals surface area contributed by atoms with Crippen LogP contribution in [0.15, 0.2) is 73.1 Å². The first-order valence-corrected chi connectivity index (χ1v) is 15.3. The highest BCUT2D eigenvalue weighted by Crippen LogP contribution is 2.34. The Morgan fingerprint density at radius 2 is 1.76 bits per heavy atom. The normalized spacial score (nSPS) is 12.5. The van der Waals surface area contributed by atoms with Crippen LogP contribution < -0.4 is 20.2 Å². The Balaban J connectivity index is 1.59. The molecule has 10 nitrogen and oxygen atoms in total. The van der Waals surface area contributed by atoms with Crippen LogP contribution in [0.1, 0.15) is 22.3 Å². The first-order valence-electron chi connectivity index (χ1n) is 12.1. The van der Waals surface area contributed by atoms with E-state index in [1.807, 2.05) is 6.07 Å². The van der Waals surface area contributed by atoms with Crippen LogP contribution in [0, 0.1) is 0 Å². The first-order chi connectivity index (χ1) is 19.3. The maximum absolute atomic E-state index is 13.8. The molecule has 0 aliphatic heterocycles. The molecule has 0 saturated carbocycles. The SMILES string of the molecule is CN(c1ncccc1CNc1nc(Nc2cccc(Cc3ccccc3[PH](=O)O)c2)ncc1C(F)(F)F)S(C)(=O)=O. The van der Waals surface area contributed by atoms with E-state index in [1.165, 1.54) is 13.2 Å². The molecule has 0 aliphatic rings. The average Bonchev–Trinajstić information content (AvgIpc) is 2.91. The molecule has 41 heavy (non-hydrogen) atoms. The summed E-state index contributed by atoms with van der Waals surface area (Å²) in [6.45, 7) is -0.203. The number of halogens is 3. The lowest BCUT2D eigenvalue weighted by Crippen LogP contribution is -2.27. The van der Waals surface area contributed by atoms with Gasteiger partial charge in [0.15, 0.2) is 0 Å². The quantitative estimate of drug-likeness (QED) is 0.225. The number of rotatable bonds is 10. The van der Waals surface area contributed by atoms with E-state index in [0.717, 1.165) is 16.1 Å². The second-order valence-corrected chi connectivity index (χ2v) is 12.2. The summed E-state index contributed by atoms with van der Waals surface area (Å²) in [4.78, 5) is 21.6. The maximum atomic E-state index is 13.8. The van der Waals surface area contributed by atoms with Crippen molar-refractivity contribution in [3.63, 3.8) is 0 Å². The molecule has 3 N–H and O–H groups in total. The zero-order valence-corrected chi connectivity index (χ0v) is 23.7. The Morgan fingerprint density at radius 1 is 1.02 bits per heavy atom. The molecule has 15 heteroatoms. The second kappa shape index (κ2) is 12.2. The van der Waals surface area contributed by atoms with Crippen molar-refractivity contribution in [3.05, 3.63) is 95.3 Å². The minimum atomic E-state index is -4.76. The number of benzene rings is 2. The number of sulfonamides is 1. The van der Waals surface area contributed by atoms with Gasteiger partial charge in [0.1, 0.15) is 17.2 Å². The molecule has 1 atom stereocenters. The zero-order chi connectivity index (χ0) is 29.8. The van der Waals surface area contributed by atoms with Gasteiger partial charge in [-0.15, -0.1) is 0 Å². The summed E-state index contributed by atoms with van der Waals surface area (Å²) in [7, 11) is -5.27. The minimum absolute atomic E-state index is 0.0632. The zero-order valence-electron chi connectivity index (χ0n) is 21.8. The second-order valence-electron chi connectivity index (χ2n) is 8.99. The van der Waals surface area contributed by atoms with E-state index in [2.05, 4.69) is 25.6 Å². The van der Waals surface area contributed by atoms with Crippen LogP contribution in [-0.2, 0) is 33.7 Å². The van der Waals surface area contributed by atoms with Crippen molar-refractivity contribution >= 4 is 46.6 Å². The lowest BCUT2D eigenvalue weighted by Gasteiger charge is -2.20. The number of nitrogens with one attached hydrogen (secondary N) is 2. The van der Waals surface area contributed by atoms with E-state index in [9.17, 15) is 31.0 Å². The molecule has 2 aromatic heterocycles. The first kappa shape index (κ1) is 30.0. The summed E-state index contributed by atoms with van der Waals surface area (Å²) in [5.41, 5.74) is 1.20. The molecular formula is C26H26F3N6O4PS. The third-order valence-corrected chi connectivity index (χ3v) is 8.15. The molecule has 0 spiro atoms. The highest BCUT2D eigenvalue weighted by Gasteiger charge is 2.35. The van der Waals surface area contributed by atoms with Gasteiger partial charge < -0.3 is 15.5 Å². The van der Waals surface area contributed by atoms with Crippen LogP contribution in [0.2, 0.25) is 0 Å². The number of nitrogens with zero attached hydrogens (tertiary/aromatic N) is 4. The molecule has 4 aromatic rings. The van der Waals surface area contributed by atoms with Gasteiger partial charge in [0.25, 0.3) is 0 Å². The van der Waals surface area contributed by atoms with Crippen molar-refractivity contribution in [2.75, 3.05) is 28.2 Å². The van der Waals surface area contributed by atoms with E-state index >= 15 is 0 Å². The van der Waals surface area contributed by atoms with Crippen LogP contribution in [0.5, 0.6) is 0 Å². The molecule has 2 heterocycles. The van der Waals surface area contributed by atoms with Gasteiger partial charge in [0.05, 0.1) is 6.26 Å². The van der Waals surface area contributed by atoms with Crippen LogP contribution >= 0.6 is 8.03 Å². The molecule has 0 aliphatic carbocycles. The van der Waals surface area contributed by atoms with Crippen molar-refractivity contribution in [1.82, 2.24) is 15.0 Å². The predicted octanol–water partition coefficient (Wildman–Crippen LogP) is 4.33. The summed E-state index contributed by atoms with van der Waals surface area (Å²) >= 11 is 0. The Kier molecular flexibility index (Phi) is 8.95. The van der Waals surface area contributed by atoms with Gasteiger partial charge in [0, 0.05) is 42.5 Å². The van der Waals surface area contributed by atoms with Gasteiger partial charge >= 0.3 is 6.18 Å². The molecule has 0 bridgehead atoms. The molecule has 2 aromatic carbocycles. The van der Waals surface area contributed by atoms with Crippen molar-refractivity contribution in [1.29, 1.82) is 0 Å². The van der Waals surface area contributed by atoms with E-state index in [-0.39, 0.29) is 18.3 Å². The van der Waals surface area contributed by atoms with Crippen LogP contribution in [0.25, 0.3) is 0 Å². The number of anilines is 4. The summed E-state index contributed by atoms with van der Waals surface area (Å²) in [6, 6.07) is 16.9. The molecule has 216 valence electrons. The van der Waals surface area contributed by atoms with Gasteiger partial charge in [-0.05, 0) is 41.8 Å². The fraction of sp³-hybridized carbons (Fsp3) is 0.192. The molecule has 1 unspecified atom stereocenters. The molecular weight excluding hydrogens is 580 g/mol. The maximum Gasteiger partial charge on any atom is 0.421 e. The van der Waals surface area contributed by atoms with Crippen LogP contribution in [0.3, 0.4) is 0 Å². The highest BCUT2D eigenvalue weighted by atomic mass is 32.2. The molecule has 0 saturated heterocycles. The molecule has 0 amide bonds. The molecule has 0 fully saturated rings. The topological polar surface area (TPSA) is 137 Å². The smallest absolute Gasteiger partial charge is 0.365 e. The number of hydrogen-bond donors (Lipinski definition) is 3. The van der Waals surface area contributed by atoms with Crippen molar-refractivity contribution in [2.24, 2.45) is 0 Å². The number of aromatic nitrogens is 3. The van der Waals surface area contributed by atoms with Crippen molar-refractivity contribution in [3.8, 4) is 0 Å². The largest absolute Gasteiger partial charge is 0.421 e. The Labute approximate surface area is 235 Å². The summed E-state index contributed by atoms with van der Waals surface area (Å²) in [5, 5.41) is 5.91. The van der Waals surface area contributed by atoms with Gasteiger partial charge in [0.2, 0.25) is 24.0 Å². The molecule has 4 rings (SSSR count). The lowest BCUT2D eigenvalue weighted by molar-refractivity contribution is -0.137. The van der Waals surface area contributed by atoms with E-state index in [4.69, 9.17) is 0 Å². The number of hydrogen-bond acceptors (Lipinski definition) is 8. The number of alkyl halides is 3. The van der Waals surface area contributed by atoms with Gasteiger partial charge in [-0.25, -0.2) is 18.4 Å². The van der Waals surface area contributed by atoms with E-state index in [0.29, 0.717) is 34.7 Å². The monoisotopic (exact) mass is 606 g/mol. The van der Waals surface area contributed by atoms with Gasteiger partial charge in [-0.3, -0.25) is 8.87 Å². The Morgan fingerprint density at radius 3 is 2.46 bits per heavy atom. The van der Waals surface area contributed by atoms with Gasteiger partial charge in [-0.1, -0.05) is 36.4 Å². The fourth-order valence-electron chi connectivity index (χ4n) is 3.96. The van der Waals surface area contributed by atoms with Crippen molar-refractivity contribution < 1.29 is 31.0 Å². The van der Waals surface area contributed by atoms with E-state index < -0.39 is 35.6 Å². The fourth-order valence-corrected chi connectivity index (χ4v) is 5.13. The standard InChI is InChI=1S/C26H26F3N6O4PS/c1-35(41(2,38)39)24-19(9-6-12-30-24)15-31-23-21(26(27,28)29)16-32-25(34-23)33-20-10-5-7-17(14-20)13-18-8-3-4-11-22(18)40(36)37/h3-12,14,16,40H,13,15H2,1-2H3,(H,36,37)(H2,31,32,33,34). The van der Waals surface area contributed by atoms with E-state index in [1.54, 1.807) is 54.6 Å². The average molecular weight is 607 g/mol. The van der Waals surface area contributed by atoms with Crippen molar-refractivity contribution in [2.45, 2.75) is 19.1 Å². The predicted molar refractivity (Wildman–Crippen MR) is 152 cm³/mol. The summed E-state index contributed by atoms with van der Waals surface area (Å²) in [6.07, 6.45) is -1.37. The molecule has 0 radical (unpaired) electrons. The van der Waals surface area contributed by atoms with Crippen LogP contribution in [0.4, 0.5) is 36.4 Å².